The standard InChI is InChI=1S/C16H16O3S/c1-12-7-9-13(10-8-12)20-11-19-15-6-4-3-5-14(15)16(17)18-2/h3-10H,11H2,1-2H3. The first-order chi connectivity index (χ1) is 9.70. The summed E-state index contributed by atoms with van der Waals surface area (Å²) in [5.41, 5.74) is 1.67. The Hall–Kier alpha value is -1.94. The SMILES string of the molecule is COC(=O)c1ccccc1OCSc1ccc(C)cc1. The van der Waals surface area contributed by atoms with Crippen LogP contribution in [-0.4, -0.2) is 19.0 Å². The van der Waals surface area contributed by atoms with Gasteiger partial charge in [0.15, 0.2) is 0 Å². The number of carbonyl (C=O) groups excluding carboxylic acids is 1. The summed E-state index contributed by atoms with van der Waals surface area (Å²) >= 11 is 1.58. The molecule has 0 bridgehead atoms. The molecule has 0 spiro atoms. The summed E-state index contributed by atoms with van der Waals surface area (Å²) < 4.78 is 10.4. The van der Waals surface area contributed by atoms with Crippen molar-refractivity contribution in [3.05, 3.63) is 59.7 Å². The maximum Gasteiger partial charge on any atom is 0.341 e. The zero-order chi connectivity index (χ0) is 14.4. The quantitative estimate of drug-likeness (QED) is 0.475. The second-order valence-corrected chi connectivity index (χ2v) is 5.20. The molecule has 2 rings (SSSR count). The van der Waals surface area contributed by atoms with Gasteiger partial charge in [0.1, 0.15) is 17.3 Å². The van der Waals surface area contributed by atoms with E-state index in [9.17, 15) is 4.79 Å². The Morgan fingerprint density at radius 2 is 1.80 bits per heavy atom. The molecule has 0 saturated heterocycles. The number of aryl methyl sites for hydroxylation is 1. The molecule has 104 valence electrons. The molecule has 2 aromatic carbocycles. The maximum absolute atomic E-state index is 11.6. The van der Waals surface area contributed by atoms with E-state index in [0.29, 0.717) is 17.3 Å². The van der Waals surface area contributed by atoms with Gasteiger partial charge < -0.3 is 9.47 Å². The van der Waals surface area contributed by atoms with Crippen LogP contribution in [0.15, 0.2) is 53.4 Å². The highest BCUT2D eigenvalue weighted by Gasteiger charge is 2.11. The first kappa shape index (κ1) is 14.5. The van der Waals surface area contributed by atoms with Crippen molar-refractivity contribution in [1.29, 1.82) is 0 Å². The topological polar surface area (TPSA) is 35.5 Å². The van der Waals surface area contributed by atoms with E-state index in [1.54, 1.807) is 30.0 Å². The van der Waals surface area contributed by atoms with Crippen LogP contribution in [0.3, 0.4) is 0 Å². The Labute approximate surface area is 122 Å². The van der Waals surface area contributed by atoms with Gasteiger partial charge in [-0.15, -0.1) is 0 Å². The Balaban J connectivity index is 1.97. The van der Waals surface area contributed by atoms with Crippen LogP contribution in [0.1, 0.15) is 15.9 Å². The zero-order valence-corrected chi connectivity index (χ0v) is 12.3. The molecule has 2 aromatic rings. The fourth-order valence-electron chi connectivity index (χ4n) is 1.67. The van der Waals surface area contributed by atoms with Crippen LogP contribution in [0.25, 0.3) is 0 Å². The molecular formula is C16H16O3S. The molecule has 4 heteroatoms. The van der Waals surface area contributed by atoms with E-state index < -0.39 is 0 Å². The van der Waals surface area contributed by atoms with Crippen molar-refractivity contribution in [1.82, 2.24) is 0 Å². The number of hydrogen-bond donors (Lipinski definition) is 0. The molecule has 0 unspecified atom stereocenters. The number of esters is 1. The monoisotopic (exact) mass is 288 g/mol. The fraction of sp³-hybridized carbons (Fsp3) is 0.188. The minimum absolute atomic E-state index is 0.388. The van der Waals surface area contributed by atoms with E-state index in [0.717, 1.165) is 4.90 Å². The molecule has 0 aliphatic carbocycles. The second kappa shape index (κ2) is 7.01. The molecule has 0 saturated carbocycles. The second-order valence-electron chi connectivity index (χ2n) is 4.21. The van der Waals surface area contributed by atoms with Gasteiger partial charge in [-0.1, -0.05) is 41.6 Å². The molecule has 0 aliphatic heterocycles. The fourth-order valence-corrected chi connectivity index (χ4v) is 2.32. The average molecular weight is 288 g/mol. The zero-order valence-electron chi connectivity index (χ0n) is 11.5. The summed E-state index contributed by atoms with van der Waals surface area (Å²) in [6, 6.07) is 15.3. The Morgan fingerprint density at radius 3 is 2.50 bits per heavy atom. The lowest BCUT2D eigenvalue weighted by molar-refractivity contribution is 0.0597. The highest BCUT2D eigenvalue weighted by molar-refractivity contribution is 7.99. The van der Waals surface area contributed by atoms with Crippen LogP contribution < -0.4 is 4.74 Å². The van der Waals surface area contributed by atoms with Crippen molar-refractivity contribution in [2.75, 3.05) is 13.0 Å². The molecule has 0 radical (unpaired) electrons. The minimum atomic E-state index is -0.388. The molecule has 0 fully saturated rings. The third-order valence-electron chi connectivity index (χ3n) is 2.75. The third kappa shape index (κ3) is 3.78. The molecule has 20 heavy (non-hydrogen) atoms. The van der Waals surface area contributed by atoms with Gasteiger partial charge in [0.2, 0.25) is 0 Å². The van der Waals surface area contributed by atoms with E-state index in [-0.39, 0.29) is 5.97 Å². The summed E-state index contributed by atoms with van der Waals surface area (Å²) in [5, 5.41) is 0. The summed E-state index contributed by atoms with van der Waals surface area (Å²) in [6.45, 7) is 2.05. The Bertz CT molecular complexity index is 579. The first-order valence-corrected chi connectivity index (χ1v) is 7.19. The maximum atomic E-state index is 11.6. The van der Waals surface area contributed by atoms with Crippen molar-refractivity contribution in [3.8, 4) is 5.75 Å². The molecule has 0 atom stereocenters. The molecule has 0 aromatic heterocycles. The van der Waals surface area contributed by atoms with E-state index in [2.05, 4.69) is 31.2 Å². The normalized spacial score (nSPS) is 10.1. The van der Waals surface area contributed by atoms with Gasteiger partial charge in [-0.25, -0.2) is 4.79 Å². The van der Waals surface area contributed by atoms with Gasteiger partial charge in [-0.05, 0) is 31.2 Å². The van der Waals surface area contributed by atoms with Crippen molar-refractivity contribution in [2.24, 2.45) is 0 Å². The van der Waals surface area contributed by atoms with Gasteiger partial charge in [-0.3, -0.25) is 0 Å². The molecule has 0 aliphatic rings. The van der Waals surface area contributed by atoms with Crippen LogP contribution >= 0.6 is 11.8 Å². The van der Waals surface area contributed by atoms with Crippen molar-refractivity contribution < 1.29 is 14.3 Å². The largest absolute Gasteiger partial charge is 0.482 e. The molecule has 0 heterocycles. The summed E-state index contributed by atoms with van der Waals surface area (Å²) in [7, 11) is 1.36. The van der Waals surface area contributed by atoms with Crippen LogP contribution in [0.2, 0.25) is 0 Å². The van der Waals surface area contributed by atoms with Crippen LogP contribution in [0.4, 0.5) is 0 Å². The molecule has 3 nitrogen and oxygen atoms in total. The number of methoxy groups -OCH3 is 1. The van der Waals surface area contributed by atoms with Gasteiger partial charge in [-0.2, -0.15) is 0 Å². The van der Waals surface area contributed by atoms with Crippen molar-refractivity contribution in [3.63, 3.8) is 0 Å². The number of benzene rings is 2. The number of rotatable bonds is 5. The average Bonchev–Trinajstić information content (AvgIpc) is 2.49. The molecular weight excluding hydrogens is 272 g/mol. The van der Waals surface area contributed by atoms with Gasteiger partial charge in [0.05, 0.1) is 7.11 Å². The lowest BCUT2D eigenvalue weighted by atomic mass is 10.2. The van der Waals surface area contributed by atoms with E-state index in [1.807, 2.05) is 6.07 Å². The first-order valence-electron chi connectivity index (χ1n) is 6.20. The van der Waals surface area contributed by atoms with Crippen molar-refractivity contribution >= 4 is 17.7 Å². The predicted molar refractivity (Wildman–Crippen MR) is 80.3 cm³/mol. The van der Waals surface area contributed by atoms with E-state index in [1.165, 1.54) is 12.7 Å². The Kier molecular flexibility index (Phi) is 5.07. The molecule has 0 N–H and O–H groups in total. The van der Waals surface area contributed by atoms with Gasteiger partial charge in [0.25, 0.3) is 0 Å². The lowest BCUT2D eigenvalue weighted by Gasteiger charge is -2.09. The van der Waals surface area contributed by atoms with E-state index >= 15 is 0 Å². The number of carbonyl (C=O) groups is 1. The summed E-state index contributed by atoms with van der Waals surface area (Å²) in [5.74, 6) is 0.594. The smallest absolute Gasteiger partial charge is 0.341 e. The number of ether oxygens (including phenoxy) is 2. The number of para-hydroxylation sites is 1. The van der Waals surface area contributed by atoms with Crippen molar-refractivity contribution in [2.45, 2.75) is 11.8 Å². The third-order valence-corrected chi connectivity index (χ3v) is 3.59. The highest BCUT2D eigenvalue weighted by Crippen LogP contribution is 2.23. The number of hydrogen-bond acceptors (Lipinski definition) is 4. The van der Waals surface area contributed by atoms with Crippen LogP contribution in [0, 0.1) is 6.92 Å². The predicted octanol–water partition coefficient (Wildman–Crippen LogP) is 3.91. The lowest BCUT2D eigenvalue weighted by Crippen LogP contribution is -2.05. The molecule has 0 amide bonds. The summed E-state index contributed by atoms with van der Waals surface area (Å²) in [4.78, 5) is 12.7. The van der Waals surface area contributed by atoms with Crippen LogP contribution in [0.5, 0.6) is 5.75 Å². The summed E-state index contributed by atoms with van der Waals surface area (Å²) in [6.07, 6.45) is 0. The van der Waals surface area contributed by atoms with Gasteiger partial charge >= 0.3 is 5.97 Å². The van der Waals surface area contributed by atoms with E-state index in [4.69, 9.17) is 9.47 Å². The minimum Gasteiger partial charge on any atom is -0.482 e. The number of thioether (sulfide) groups is 1. The highest BCUT2D eigenvalue weighted by atomic mass is 32.2. The van der Waals surface area contributed by atoms with Gasteiger partial charge in [0, 0.05) is 4.90 Å². The van der Waals surface area contributed by atoms with Crippen LogP contribution in [-0.2, 0) is 4.74 Å². The Morgan fingerprint density at radius 1 is 1.10 bits per heavy atom.